The highest BCUT2D eigenvalue weighted by Crippen LogP contribution is 2.41. The fourth-order valence-electron chi connectivity index (χ4n) is 2.58. The van der Waals surface area contributed by atoms with E-state index in [1.165, 1.54) is 6.07 Å². The van der Waals surface area contributed by atoms with E-state index < -0.39 is 22.1 Å². The fraction of sp³-hybridized carbons (Fsp3) is 0.125. The number of pyridine rings is 1. The molecule has 1 aromatic carbocycles. The van der Waals surface area contributed by atoms with Crippen LogP contribution >= 0.6 is 27.5 Å². The zero-order valence-electron chi connectivity index (χ0n) is 13.9. The first kappa shape index (κ1) is 18.9. The van der Waals surface area contributed by atoms with Crippen LogP contribution in [-0.4, -0.2) is 20.3 Å². The lowest BCUT2D eigenvalue weighted by Gasteiger charge is -2.11. The van der Waals surface area contributed by atoms with Crippen molar-refractivity contribution in [2.45, 2.75) is 13.8 Å². The predicted octanol–water partition coefficient (Wildman–Crippen LogP) is 3.99. The summed E-state index contributed by atoms with van der Waals surface area (Å²) in [5.41, 5.74) is 0.886. The molecule has 0 aliphatic rings. The van der Waals surface area contributed by atoms with Gasteiger partial charge in [0.25, 0.3) is 4.60 Å². The van der Waals surface area contributed by atoms with Crippen molar-refractivity contribution in [3.63, 3.8) is 0 Å². The van der Waals surface area contributed by atoms with Crippen molar-refractivity contribution < 1.29 is 24.4 Å². The molecule has 0 atom stereocenters. The number of benzene rings is 1. The number of halogens is 2. The molecule has 0 aliphatic carbocycles. The molecule has 11 heteroatoms. The third kappa shape index (κ3) is 3.06. The Morgan fingerprint density at radius 3 is 2.59 bits per heavy atom. The molecule has 9 nitrogen and oxygen atoms in total. The minimum absolute atomic E-state index is 0.147. The number of hydrogen-bond donors (Lipinski definition) is 2. The second-order valence-electron chi connectivity index (χ2n) is 5.68. The smallest absolute Gasteiger partial charge is 0.315 e. The maximum absolute atomic E-state index is 12.2. The number of nitro benzene ring substituents is 1. The van der Waals surface area contributed by atoms with Crippen LogP contribution in [0.25, 0.3) is 22.6 Å². The summed E-state index contributed by atoms with van der Waals surface area (Å²) in [6.45, 7) is 3.27. The van der Waals surface area contributed by atoms with Gasteiger partial charge in [-0.05, 0) is 18.6 Å². The molecule has 0 aliphatic heterocycles. The van der Waals surface area contributed by atoms with Crippen molar-refractivity contribution >= 4 is 33.2 Å². The van der Waals surface area contributed by atoms with Crippen LogP contribution in [0.5, 0.6) is 11.5 Å². The normalized spacial score (nSPS) is 11.0. The quantitative estimate of drug-likeness (QED) is 0.152. The summed E-state index contributed by atoms with van der Waals surface area (Å²) in [7, 11) is 0. The first-order valence-corrected chi connectivity index (χ1v) is 8.56. The Balaban J connectivity index is 2.17. The van der Waals surface area contributed by atoms with Crippen LogP contribution in [0.15, 0.2) is 27.3 Å². The zero-order chi connectivity index (χ0) is 20.0. The predicted molar refractivity (Wildman–Crippen MR) is 98.5 cm³/mol. The summed E-state index contributed by atoms with van der Waals surface area (Å²) in [5, 5.41) is 46.6. The number of nitro groups is 1. The van der Waals surface area contributed by atoms with Crippen molar-refractivity contribution in [3.8, 4) is 34.1 Å². The monoisotopic (exact) mass is 455 g/mol. The fourth-order valence-corrected chi connectivity index (χ4v) is 3.51. The average molecular weight is 457 g/mol. The molecule has 2 heterocycles. The van der Waals surface area contributed by atoms with Gasteiger partial charge in [0.05, 0.1) is 4.92 Å². The van der Waals surface area contributed by atoms with Crippen LogP contribution in [0.3, 0.4) is 0 Å². The largest absolute Gasteiger partial charge is 0.618 e. The lowest BCUT2D eigenvalue weighted by Crippen LogP contribution is -2.33. The third-order valence-electron chi connectivity index (χ3n) is 4.03. The Bertz CT molecular complexity index is 1070. The van der Waals surface area contributed by atoms with Gasteiger partial charge in [-0.15, -0.1) is 0 Å². The van der Waals surface area contributed by atoms with Crippen molar-refractivity contribution in [3.05, 3.63) is 54.4 Å². The number of hydrogen-bond acceptors (Lipinski definition) is 7. The Morgan fingerprint density at radius 1 is 1.30 bits per heavy atom. The molecule has 0 saturated heterocycles. The highest BCUT2D eigenvalue weighted by molar-refractivity contribution is 9.10. The minimum atomic E-state index is -0.844. The van der Waals surface area contributed by atoms with Crippen LogP contribution < -0.4 is 4.73 Å². The lowest BCUT2D eigenvalue weighted by molar-refractivity contribution is -0.623. The van der Waals surface area contributed by atoms with Gasteiger partial charge in [-0.25, -0.2) is 0 Å². The Hall–Kier alpha value is -2.85. The summed E-state index contributed by atoms with van der Waals surface area (Å²) in [6, 6.07) is 3.60. The van der Waals surface area contributed by atoms with Gasteiger partial charge >= 0.3 is 5.69 Å². The number of aromatic nitrogens is 2. The summed E-state index contributed by atoms with van der Waals surface area (Å²) in [5.74, 6) is -1.32. The van der Waals surface area contributed by atoms with E-state index in [0.717, 1.165) is 12.1 Å². The first-order valence-electron chi connectivity index (χ1n) is 7.39. The number of phenols is 2. The summed E-state index contributed by atoms with van der Waals surface area (Å²) in [6.07, 6.45) is 0. The van der Waals surface area contributed by atoms with Gasteiger partial charge in [-0.1, -0.05) is 16.8 Å². The van der Waals surface area contributed by atoms with Crippen LogP contribution in [0, 0.1) is 29.2 Å². The van der Waals surface area contributed by atoms with Crippen molar-refractivity contribution in [2.75, 3.05) is 0 Å². The molecule has 0 saturated carbocycles. The minimum Gasteiger partial charge on any atom is -0.618 e. The van der Waals surface area contributed by atoms with Gasteiger partial charge in [0.15, 0.2) is 11.5 Å². The Kier molecular flexibility index (Phi) is 4.70. The van der Waals surface area contributed by atoms with Crippen molar-refractivity contribution in [1.82, 2.24) is 5.16 Å². The molecule has 0 fully saturated rings. The maximum atomic E-state index is 12.2. The van der Waals surface area contributed by atoms with Gasteiger partial charge in [-0.2, -0.15) is 4.73 Å². The molecule has 3 aromatic rings. The molecule has 140 valence electrons. The molecule has 0 amide bonds. The van der Waals surface area contributed by atoms with Crippen LogP contribution in [-0.2, 0) is 0 Å². The summed E-state index contributed by atoms with van der Waals surface area (Å²) in [4.78, 5) is 10.2. The second-order valence-corrected chi connectivity index (χ2v) is 6.81. The number of phenolic OH excluding ortho intramolecular Hbond substituents is 2. The molecule has 27 heavy (non-hydrogen) atoms. The van der Waals surface area contributed by atoms with E-state index in [0.29, 0.717) is 21.6 Å². The highest BCUT2D eigenvalue weighted by Gasteiger charge is 2.26. The standard InChI is InChI=1S/C16H11BrClN3O6/c1-6-13(16(17)20(24)7(2)14(6)18)12-5-9(19-27-12)8-3-10(21(25)26)15(23)11(22)4-8/h3-5,22-23H,1-2H3. The molecular formula is C16H11BrClN3O6. The van der Waals surface area contributed by atoms with Crippen LogP contribution in [0.1, 0.15) is 11.3 Å². The number of rotatable bonds is 3. The molecular weight excluding hydrogens is 446 g/mol. The van der Waals surface area contributed by atoms with E-state index in [2.05, 4.69) is 21.1 Å². The summed E-state index contributed by atoms with van der Waals surface area (Å²) < 4.78 is 6.05. The topological polar surface area (TPSA) is 137 Å². The van der Waals surface area contributed by atoms with Crippen LogP contribution in [0.4, 0.5) is 5.69 Å². The Morgan fingerprint density at radius 2 is 1.96 bits per heavy atom. The van der Waals surface area contributed by atoms with Gasteiger partial charge < -0.3 is 19.9 Å². The van der Waals surface area contributed by atoms with E-state index in [1.54, 1.807) is 13.8 Å². The third-order valence-corrected chi connectivity index (χ3v) is 5.31. The van der Waals surface area contributed by atoms with E-state index in [-0.39, 0.29) is 26.6 Å². The zero-order valence-corrected chi connectivity index (χ0v) is 16.2. The Labute approximate surface area is 165 Å². The molecule has 0 radical (unpaired) electrons. The highest BCUT2D eigenvalue weighted by atomic mass is 79.9. The van der Waals surface area contributed by atoms with Gasteiger partial charge in [0, 0.05) is 40.5 Å². The molecule has 0 spiro atoms. The number of aromatic hydroxyl groups is 2. The van der Waals surface area contributed by atoms with Gasteiger partial charge in [0.1, 0.15) is 16.3 Å². The second kappa shape index (κ2) is 6.71. The van der Waals surface area contributed by atoms with E-state index in [9.17, 15) is 25.5 Å². The lowest BCUT2D eigenvalue weighted by atomic mass is 10.1. The van der Waals surface area contributed by atoms with Crippen LogP contribution in [0.2, 0.25) is 5.02 Å². The molecule has 0 unspecified atom stereocenters. The average Bonchev–Trinajstić information content (AvgIpc) is 3.10. The number of nitrogens with zero attached hydrogens (tertiary/aromatic N) is 3. The van der Waals surface area contributed by atoms with Crippen molar-refractivity contribution in [1.29, 1.82) is 0 Å². The SMILES string of the molecule is Cc1c(Cl)c(C)[n+]([O-])c(Br)c1-c1cc(-c2cc(O)c(O)c([N+](=O)[O-])c2)no1. The first-order chi connectivity index (χ1) is 12.6. The maximum Gasteiger partial charge on any atom is 0.315 e. The molecule has 2 N–H and O–H groups in total. The molecule has 3 rings (SSSR count). The van der Waals surface area contributed by atoms with Gasteiger partial charge in [-0.3, -0.25) is 10.1 Å². The van der Waals surface area contributed by atoms with Crippen molar-refractivity contribution in [2.24, 2.45) is 0 Å². The van der Waals surface area contributed by atoms with E-state index in [4.69, 9.17) is 16.1 Å². The van der Waals surface area contributed by atoms with E-state index in [1.807, 2.05) is 0 Å². The molecule has 0 bridgehead atoms. The van der Waals surface area contributed by atoms with Gasteiger partial charge in [0.2, 0.25) is 11.4 Å². The van der Waals surface area contributed by atoms with E-state index >= 15 is 0 Å². The summed E-state index contributed by atoms with van der Waals surface area (Å²) >= 11 is 9.40. The molecule has 2 aromatic heterocycles.